The maximum Gasteiger partial charge on any atom is 0.407 e. The van der Waals surface area contributed by atoms with Gasteiger partial charge in [0.1, 0.15) is 6.54 Å². The minimum atomic E-state index is -4.93. The predicted octanol–water partition coefficient (Wildman–Crippen LogP) is 7.18. The molecular weight excluding hydrogens is 485 g/mol. The van der Waals surface area contributed by atoms with E-state index in [0.717, 1.165) is 12.1 Å². The second-order valence-corrected chi connectivity index (χ2v) is 7.26. The van der Waals surface area contributed by atoms with Crippen molar-refractivity contribution in [2.75, 3.05) is 11.4 Å². The fourth-order valence-corrected chi connectivity index (χ4v) is 3.26. The highest BCUT2D eigenvalue weighted by atomic mass is 35.5. The molecule has 1 aromatic heterocycles. The third-order valence-corrected chi connectivity index (χ3v) is 4.66. The van der Waals surface area contributed by atoms with E-state index in [1.165, 1.54) is 18.2 Å². The average molecular weight is 495 g/mol. The molecule has 0 fully saturated rings. The van der Waals surface area contributed by atoms with Gasteiger partial charge in [0.05, 0.1) is 23.7 Å². The van der Waals surface area contributed by atoms with E-state index in [9.17, 15) is 26.3 Å². The molecule has 3 rings (SSSR count). The molecule has 0 bridgehead atoms. The van der Waals surface area contributed by atoms with Crippen molar-refractivity contribution in [1.82, 2.24) is 10.1 Å². The molecule has 0 saturated carbocycles. The second-order valence-electron chi connectivity index (χ2n) is 6.42. The Balaban J connectivity index is 1.97. The van der Waals surface area contributed by atoms with E-state index < -0.39 is 42.4 Å². The molecule has 0 N–H and O–H groups in total. The molecule has 0 aliphatic heterocycles. The van der Waals surface area contributed by atoms with Crippen LogP contribution in [0.1, 0.15) is 11.5 Å². The van der Waals surface area contributed by atoms with Gasteiger partial charge in [0.15, 0.2) is 5.69 Å². The van der Waals surface area contributed by atoms with Crippen molar-refractivity contribution in [3.63, 3.8) is 0 Å². The first-order valence-corrected chi connectivity index (χ1v) is 9.31. The van der Waals surface area contributed by atoms with Crippen molar-refractivity contribution in [1.29, 1.82) is 0 Å². The second kappa shape index (κ2) is 8.88. The molecule has 0 amide bonds. The molecule has 0 unspecified atom stereocenters. The summed E-state index contributed by atoms with van der Waals surface area (Å²) in [6, 6.07) is 6.65. The molecule has 0 atom stereocenters. The van der Waals surface area contributed by atoms with Crippen LogP contribution in [0, 0.1) is 6.57 Å². The Morgan fingerprint density at radius 2 is 1.75 bits per heavy atom. The molecular formula is C19H10Cl2F6N4O. The quantitative estimate of drug-likeness (QED) is 0.278. The maximum atomic E-state index is 13.3. The molecule has 5 nitrogen and oxygen atoms in total. The van der Waals surface area contributed by atoms with Gasteiger partial charge in [-0.1, -0.05) is 34.4 Å². The fraction of sp³-hybridized carbons (Fsp3) is 0.211. The molecule has 2 aromatic carbocycles. The molecule has 0 radical (unpaired) electrons. The Morgan fingerprint density at radius 3 is 2.34 bits per heavy atom. The van der Waals surface area contributed by atoms with Crippen LogP contribution in [-0.4, -0.2) is 22.9 Å². The van der Waals surface area contributed by atoms with E-state index in [1.807, 2.05) is 0 Å². The minimum absolute atomic E-state index is 0.0343. The lowest BCUT2D eigenvalue weighted by Gasteiger charge is -2.25. The highest BCUT2D eigenvalue weighted by molar-refractivity contribution is 6.36. The summed E-state index contributed by atoms with van der Waals surface area (Å²) >= 11 is 11.9. The number of halogens is 8. The van der Waals surface area contributed by atoms with Crippen molar-refractivity contribution in [3.8, 4) is 11.4 Å². The smallest absolute Gasteiger partial charge is 0.353 e. The minimum Gasteiger partial charge on any atom is -0.353 e. The van der Waals surface area contributed by atoms with Crippen LogP contribution in [0.3, 0.4) is 0 Å². The number of anilines is 1. The van der Waals surface area contributed by atoms with Gasteiger partial charge in [-0.15, -0.1) is 0 Å². The zero-order valence-electron chi connectivity index (χ0n) is 15.6. The molecule has 0 aliphatic rings. The summed E-state index contributed by atoms with van der Waals surface area (Å²) in [6.07, 6.45) is -9.68. The van der Waals surface area contributed by atoms with E-state index >= 15 is 0 Å². The number of alkyl halides is 6. The Kier molecular flexibility index (Phi) is 6.57. The first-order chi connectivity index (χ1) is 14.9. The monoisotopic (exact) mass is 494 g/mol. The van der Waals surface area contributed by atoms with Crippen molar-refractivity contribution >= 4 is 34.6 Å². The van der Waals surface area contributed by atoms with E-state index in [2.05, 4.69) is 15.0 Å². The van der Waals surface area contributed by atoms with Gasteiger partial charge >= 0.3 is 12.4 Å². The van der Waals surface area contributed by atoms with E-state index in [4.69, 9.17) is 34.3 Å². The van der Waals surface area contributed by atoms with Crippen LogP contribution in [0.15, 0.2) is 40.9 Å². The number of hydrogen-bond acceptors (Lipinski definition) is 4. The first-order valence-electron chi connectivity index (χ1n) is 8.56. The summed E-state index contributed by atoms with van der Waals surface area (Å²) in [5, 5.41) is 4.17. The zero-order chi connectivity index (χ0) is 23.7. The average Bonchev–Trinajstić information content (AvgIpc) is 3.13. The lowest BCUT2D eigenvalue weighted by molar-refractivity contribution is -0.136. The standard InChI is InChI=1S/C19H10Cl2F6N4O/c1-28-15-5-3-11(7-13(15)19(25,26)27)31(9-18(22,23)24)8-16-29-17(30-32-16)12-4-2-10(20)6-14(12)21/h2-7H,8-9H2. The van der Waals surface area contributed by atoms with Crippen molar-refractivity contribution in [3.05, 3.63) is 69.3 Å². The number of aromatic nitrogens is 2. The summed E-state index contributed by atoms with van der Waals surface area (Å²) < 4.78 is 84.1. The van der Waals surface area contributed by atoms with E-state index in [-0.39, 0.29) is 16.7 Å². The van der Waals surface area contributed by atoms with Crippen LogP contribution in [0.4, 0.5) is 37.7 Å². The van der Waals surface area contributed by atoms with Crippen LogP contribution in [-0.2, 0) is 12.7 Å². The lowest BCUT2D eigenvalue weighted by atomic mass is 10.1. The van der Waals surface area contributed by atoms with Gasteiger partial charge < -0.3 is 9.42 Å². The molecule has 1 heterocycles. The molecule has 32 heavy (non-hydrogen) atoms. The van der Waals surface area contributed by atoms with Gasteiger partial charge in [0, 0.05) is 16.3 Å². The third-order valence-electron chi connectivity index (χ3n) is 4.11. The highest BCUT2D eigenvalue weighted by Gasteiger charge is 2.36. The molecule has 168 valence electrons. The zero-order valence-corrected chi connectivity index (χ0v) is 17.1. The topological polar surface area (TPSA) is 46.5 Å². The number of rotatable bonds is 5. The van der Waals surface area contributed by atoms with Gasteiger partial charge in [-0.3, -0.25) is 0 Å². The number of benzene rings is 2. The maximum absolute atomic E-state index is 13.3. The summed E-state index contributed by atoms with van der Waals surface area (Å²) in [5.41, 5.74) is -2.21. The normalized spacial score (nSPS) is 12.0. The van der Waals surface area contributed by atoms with Gasteiger partial charge in [-0.2, -0.15) is 31.3 Å². The van der Waals surface area contributed by atoms with Crippen LogP contribution in [0.5, 0.6) is 0 Å². The number of nitrogens with zero attached hydrogens (tertiary/aromatic N) is 4. The van der Waals surface area contributed by atoms with Gasteiger partial charge in [-0.05, 0) is 30.3 Å². The third kappa shape index (κ3) is 5.63. The van der Waals surface area contributed by atoms with Crippen LogP contribution >= 0.6 is 23.2 Å². The molecule has 3 aromatic rings. The van der Waals surface area contributed by atoms with E-state index in [0.29, 0.717) is 21.6 Å². The molecule has 13 heteroatoms. The van der Waals surface area contributed by atoms with Crippen LogP contribution in [0.25, 0.3) is 16.2 Å². The predicted molar refractivity (Wildman–Crippen MR) is 105 cm³/mol. The summed E-state index contributed by atoms with van der Waals surface area (Å²) in [6.45, 7) is 4.62. The molecule has 0 saturated heterocycles. The van der Waals surface area contributed by atoms with Crippen LogP contribution < -0.4 is 4.90 Å². The first kappa shape index (κ1) is 23.7. The van der Waals surface area contributed by atoms with Crippen molar-refractivity contribution in [2.24, 2.45) is 0 Å². The largest absolute Gasteiger partial charge is 0.407 e. The summed E-state index contributed by atoms with van der Waals surface area (Å²) in [7, 11) is 0. The highest BCUT2D eigenvalue weighted by Crippen LogP contribution is 2.39. The Morgan fingerprint density at radius 1 is 1.03 bits per heavy atom. The van der Waals surface area contributed by atoms with Gasteiger partial charge in [0.2, 0.25) is 11.7 Å². The van der Waals surface area contributed by atoms with E-state index in [1.54, 1.807) is 0 Å². The fourth-order valence-electron chi connectivity index (χ4n) is 2.76. The Labute approximate surface area is 187 Å². The molecule has 0 aliphatic carbocycles. The van der Waals surface area contributed by atoms with Gasteiger partial charge in [0.25, 0.3) is 0 Å². The van der Waals surface area contributed by atoms with Gasteiger partial charge in [-0.25, -0.2) is 4.85 Å². The van der Waals surface area contributed by atoms with Crippen LogP contribution in [0.2, 0.25) is 10.0 Å². The summed E-state index contributed by atoms with van der Waals surface area (Å²) in [5.74, 6) is -0.328. The van der Waals surface area contributed by atoms with Crippen molar-refractivity contribution in [2.45, 2.75) is 18.9 Å². The summed E-state index contributed by atoms with van der Waals surface area (Å²) in [4.78, 5) is 7.35. The lowest BCUT2D eigenvalue weighted by Crippen LogP contribution is -2.34. The SMILES string of the molecule is [C-]#[N+]c1ccc(N(Cc2nc(-c3ccc(Cl)cc3Cl)no2)CC(F)(F)F)cc1C(F)(F)F. The Hall–Kier alpha value is -2.97. The van der Waals surface area contributed by atoms with Crippen molar-refractivity contribution < 1.29 is 30.9 Å². The number of hydrogen-bond donors (Lipinski definition) is 0. The Bertz CT molecular complexity index is 1170. The molecule has 0 spiro atoms.